The molecule has 0 amide bonds. The average molecular weight is 303 g/mol. The number of alkyl halides is 3. The maximum atomic E-state index is 12.3. The molecule has 0 bridgehead atoms. The van der Waals surface area contributed by atoms with E-state index in [9.17, 15) is 18.3 Å². The molecule has 0 fully saturated rings. The number of rotatable bonds is 4. The summed E-state index contributed by atoms with van der Waals surface area (Å²) in [4.78, 5) is 0. The van der Waals surface area contributed by atoms with Gasteiger partial charge in [-0.15, -0.1) is 10.2 Å². The highest BCUT2D eigenvalue weighted by atomic mass is 32.1. The Morgan fingerprint density at radius 1 is 1.25 bits per heavy atom. The SMILES string of the molecule is Cc1ccc([C@@H](O)CNc2nnc(C(F)(F)F)s2)cc1. The Bertz CT molecular complexity index is 568. The molecule has 2 aromatic rings. The zero-order valence-corrected chi connectivity index (χ0v) is 11.3. The number of halogens is 3. The number of aryl methyl sites for hydroxylation is 1. The third kappa shape index (κ3) is 3.67. The Hall–Kier alpha value is -1.67. The van der Waals surface area contributed by atoms with Crippen LogP contribution in [-0.2, 0) is 6.18 Å². The highest BCUT2D eigenvalue weighted by Gasteiger charge is 2.35. The molecule has 2 rings (SSSR count). The normalized spacial score (nSPS) is 13.2. The van der Waals surface area contributed by atoms with Crippen molar-refractivity contribution in [2.24, 2.45) is 0 Å². The topological polar surface area (TPSA) is 58.0 Å². The minimum absolute atomic E-state index is 0.0310. The smallest absolute Gasteiger partial charge is 0.387 e. The first-order chi connectivity index (χ1) is 9.36. The lowest BCUT2D eigenvalue weighted by Crippen LogP contribution is -2.11. The van der Waals surface area contributed by atoms with Gasteiger partial charge in [-0.1, -0.05) is 41.2 Å². The number of hydrogen-bond acceptors (Lipinski definition) is 5. The molecular formula is C12H12F3N3OS. The van der Waals surface area contributed by atoms with Gasteiger partial charge in [-0.05, 0) is 12.5 Å². The summed E-state index contributed by atoms with van der Waals surface area (Å²) in [6, 6.07) is 7.24. The second-order valence-electron chi connectivity index (χ2n) is 4.22. The molecular weight excluding hydrogens is 291 g/mol. The highest BCUT2D eigenvalue weighted by Crippen LogP contribution is 2.33. The molecule has 1 atom stereocenters. The number of nitrogens with zero attached hydrogens (tertiary/aromatic N) is 2. The third-order valence-electron chi connectivity index (χ3n) is 2.58. The number of aliphatic hydroxyl groups is 1. The first-order valence-corrected chi connectivity index (χ1v) is 6.57. The first kappa shape index (κ1) is 14.7. The van der Waals surface area contributed by atoms with Crippen molar-refractivity contribution in [2.75, 3.05) is 11.9 Å². The van der Waals surface area contributed by atoms with Gasteiger partial charge in [0.1, 0.15) is 0 Å². The zero-order valence-electron chi connectivity index (χ0n) is 10.5. The summed E-state index contributed by atoms with van der Waals surface area (Å²) in [5.74, 6) is 0. The number of aliphatic hydroxyl groups excluding tert-OH is 1. The lowest BCUT2D eigenvalue weighted by molar-refractivity contribution is -0.138. The molecule has 0 aliphatic carbocycles. The molecule has 1 heterocycles. The van der Waals surface area contributed by atoms with Crippen molar-refractivity contribution >= 4 is 16.5 Å². The summed E-state index contributed by atoms with van der Waals surface area (Å²) < 4.78 is 37.0. The molecule has 0 aliphatic heterocycles. The van der Waals surface area contributed by atoms with Crippen LogP contribution in [0.25, 0.3) is 0 Å². The minimum atomic E-state index is -4.49. The zero-order chi connectivity index (χ0) is 14.8. The van der Waals surface area contributed by atoms with E-state index in [0.29, 0.717) is 16.9 Å². The lowest BCUT2D eigenvalue weighted by atomic mass is 10.1. The van der Waals surface area contributed by atoms with Crippen molar-refractivity contribution in [2.45, 2.75) is 19.2 Å². The fraction of sp³-hybridized carbons (Fsp3) is 0.333. The van der Waals surface area contributed by atoms with Crippen LogP contribution in [0.5, 0.6) is 0 Å². The monoisotopic (exact) mass is 303 g/mol. The maximum Gasteiger partial charge on any atom is 0.445 e. The van der Waals surface area contributed by atoms with E-state index in [-0.39, 0.29) is 11.7 Å². The molecule has 0 unspecified atom stereocenters. The lowest BCUT2D eigenvalue weighted by Gasteiger charge is -2.11. The van der Waals surface area contributed by atoms with Gasteiger partial charge >= 0.3 is 6.18 Å². The molecule has 0 saturated carbocycles. The summed E-state index contributed by atoms with van der Waals surface area (Å²) in [6.45, 7) is 1.99. The number of benzene rings is 1. The predicted octanol–water partition coefficient (Wildman–Crippen LogP) is 3.01. The Morgan fingerprint density at radius 3 is 2.45 bits per heavy atom. The first-order valence-electron chi connectivity index (χ1n) is 5.75. The van der Waals surface area contributed by atoms with Gasteiger partial charge < -0.3 is 10.4 Å². The van der Waals surface area contributed by atoms with Gasteiger partial charge in [0.05, 0.1) is 6.10 Å². The van der Waals surface area contributed by atoms with Crippen LogP contribution in [0.4, 0.5) is 18.3 Å². The van der Waals surface area contributed by atoms with Gasteiger partial charge in [-0.3, -0.25) is 0 Å². The van der Waals surface area contributed by atoms with E-state index in [1.165, 1.54) is 0 Å². The van der Waals surface area contributed by atoms with Crippen LogP contribution in [0.2, 0.25) is 0 Å². The summed E-state index contributed by atoms with van der Waals surface area (Å²) in [5, 5.41) is 18.0. The maximum absolute atomic E-state index is 12.3. The summed E-state index contributed by atoms with van der Waals surface area (Å²) in [5.41, 5.74) is 1.75. The van der Waals surface area contributed by atoms with E-state index in [1.54, 1.807) is 12.1 Å². The van der Waals surface area contributed by atoms with Crippen molar-refractivity contribution in [1.82, 2.24) is 10.2 Å². The van der Waals surface area contributed by atoms with Gasteiger partial charge in [0.25, 0.3) is 0 Å². The van der Waals surface area contributed by atoms with Crippen molar-refractivity contribution in [1.29, 1.82) is 0 Å². The van der Waals surface area contributed by atoms with Gasteiger partial charge in [0.15, 0.2) is 0 Å². The number of hydrogen-bond donors (Lipinski definition) is 2. The molecule has 108 valence electrons. The quantitative estimate of drug-likeness (QED) is 0.911. The fourth-order valence-electron chi connectivity index (χ4n) is 1.50. The second-order valence-corrected chi connectivity index (χ2v) is 5.20. The minimum Gasteiger partial charge on any atom is -0.387 e. The van der Waals surface area contributed by atoms with Crippen LogP contribution in [0, 0.1) is 6.92 Å². The van der Waals surface area contributed by atoms with Crippen LogP contribution in [0.1, 0.15) is 22.2 Å². The molecule has 0 spiro atoms. The van der Waals surface area contributed by atoms with E-state index in [2.05, 4.69) is 15.5 Å². The van der Waals surface area contributed by atoms with Gasteiger partial charge in [0, 0.05) is 6.54 Å². The van der Waals surface area contributed by atoms with Crippen molar-refractivity contribution < 1.29 is 18.3 Å². The Kier molecular flexibility index (Phi) is 4.24. The second kappa shape index (κ2) is 5.76. The molecule has 1 aromatic carbocycles. The van der Waals surface area contributed by atoms with Crippen LogP contribution in [0.3, 0.4) is 0 Å². The van der Waals surface area contributed by atoms with E-state index in [0.717, 1.165) is 5.56 Å². The van der Waals surface area contributed by atoms with Gasteiger partial charge in [-0.25, -0.2) is 0 Å². The molecule has 1 aromatic heterocycles. The van der Waals surface area contributed by atoms with E-state index >= 15 is 0 Å². The molecule has 0 saturated heterocycles. The number of anilines is 1. The van der Waals surface area contributed by atoms with Crippen LogP contribution in [-0.4, -0.2) is 21.8 Å². The highest BCUT2D eigenvalue weighted by molar-refractivity contribution is 7.15. The Morgan fingerprint density at radius 2 is 1.90 bits per heavy atom. The summed E-state index contributed by atoms with van der Waals surface area (Å²) in [7, 11) is 0. The standard InChI is InChI=1S/C12H12F3N3OS/c1-7-2-4-8(5-3-7)9(19)6-16-11-18-17-10(20-11)12(13,14)15/h2-5,9,19H,6H2,1H3,(H,16,18)/t9-/m0/s1. The van der Waals surface area contributed by atoms with E-state index < -0.39 is 17.3 Å². The molecule has 20 heavy (non-hydrogen) atoms. The van der Waals surface area contributed by atoms with E-state index in [4.69, 9.17) is 0 Å². The largest absolute Gasteiger partial charge is 0.445 e. The summed E-state index contributed by atoms with van der Waals surface area (Å²) in [6.07, 6.45) is -5.32. The Labute approximate surface area is 117 Å². The molecule has 2 N–H and O–H groups in total. The van der Waals surface area contributed by atoms with Crippen LogP contribution in [0.15, 0.2) is 24.3 Å². The summed E-state index contributed by atoms with van der Waals surface area (Å²) >= 11 is 0.410. The van der Waals surface area contributed by atoms with E-state index in [1.807, 2.05) is 19.1 Å². The van der Waals surface area contributed by atoms with Crippen molar-refractivity contribution in [3.05, 3.63) is 40.4 Å². The molecule has 0 radical (unpaired) electrons. The Balaban J connectivity index is 1.95. The fourth-order valence-corrected chi connectivity index (χ4v) is 2.12. The van der Waals surface area contributed by atoms with Crippen molar-refractivity contribution in [3.63, 3.8) is 0 Å². The third-order valence-corrected chi connectivity index (χ3v) is 3.50. The molecule has 4 nitrogen and oxygen atoms in total. The average Bonchev–Trinajstić information content (AvgIpc) is 2.85. The molecule has 8 heteroatoms. The molecule has 0 aliphatic rings. The van der Waals surface area contributed by atoms with Crippen LogP contribution < -0.4 is 5.32 Å². The van der Waals surface area contributed by atoms with Gasteiger partial charge in [-0.2, -0.15) is 13.2 Å². The van der Waals surface area contributed by atoms with Crippen molar-refractivity contribution in [3.8, 4) is 0 Å². The van der Waals surface area contributed by atoms with Gasteiger partial charge in [0.2, 0.25) is 10.1 Å². The number of aromatic nitrogens is 2. The predicted molar refractivity (Wildman–Crippen MR) is 69.5 cm³/mol. The number of nitrogens with one attached hydrogen (secondary N) is 1. The van der Waals surface area contributed by atoms with Crippen LogP contribution >= 0.6 is 11.3 Å².